The Kier molecular flexibility index (Phi) is 7.16. The Balaban J connectivity index is 1.77. The maximum absolute atomic E-state index is 12.9. The Hall–Kier alpha value is -2.17. The topological polar surface area (TPSA) is 67.2 Å². The highest BCUT2D eigenvalue weighted by Crippen LogP contribution is 2.38. The van der Waals surface area contributed by atoms with Crippen molar-refractivity contribution in [2.24, 2.45) is 0 Å². The molecule has 6 nitrogen and oxygen atoms in total. The predicted octanol–water partition coefficient (Wildman–Crippen LogP) is 7.33. The number of rotatable bonds is 3. The van der Waals surface area contributed by atoms with Crippen molar-refractivity contribution in [3.63, 3.8) is 0 Å². The number of carbonyl (C=O) groups excluding carboxylic acids is 2. The van der Waals surface area contributed by atoms with E-state index in [0.29, 0.717) is 0 Å². The Bertz CT molecular complexity index is 1200. The van der Waals surface area contributed by atoms with E-state index in [9.17, 15) is 22.8 Å². The molecule has 0 radical (unpaired) electrons. The highest BCUT2D eigenvalue weighted by Gasteiger charge is 2.39. The number of benzene rings is 2. The van der Waals surface area contributed by atoms with E-state index in [1.54, 1.807) is 0 Å². The summed E-state index contributed by atoms with van der Waals surface area (Å²) in [5.74, 6) is -0.925. The van der Waals surface area contributed by atoms with Gasteiger partial charge in [0, 0.05) is 22.5 Å². The lowest BCUT2D eigenvalue weighted by Gasteiger charge is -2.14. The average Bonchev–Trinajstić information content (AvgIpc) is 3.04. The molecule has 14 heteroatoms. The van der Waals surface area contributed by atoms with Crippen LogP contribution < -0.4 is 5.32 Å². The van der Waals surface area contributed by atoms with E-state index in [4.69, 9.17) is 58.2 Å². The Morgan fingerprint density at radius 1 is 1.00 bits per heavy atom. The molecule has 0 atom stereocenters. The minimum atomic E-state index is -4.79. The van der Waals surface area contributed by atoms with Crippen LogP contribution in [0.4, 0.5) is 23.7 Å². The summed E-state index contributed by atoms with van der Waals surface area (Å²) in [6.07, 6.45) is -4.79. The molecular weight excluding hydrogens is 538 g/mol. The van der Waals surface area contributed by atoms with Gasteiger partial charge in [0.15, 0.2) is 10.8 Å². The predicted molar refractivity (Wildman–Crippen MR) is 116 cm³/mol. The Morgan fingerprint density at radius 2 is 1.62 bits per heavy atom. The van der Waals surface area contributed by atoms with Gasteiger partial charge in [0.05, 0.1) is 16.3 Å². The van der Waals surface area contributed by atoms with E-state index in [1.807, 2.05) is 0 Å². The van der Waals surface area contributed by atoms with Crippen LogP contribution in [0.3, 0.4) is 0 Å². The normalized spacial score (nSPS) is 11.4. The van der Waals surface area contributed by atoms with Gasteiger partial charge in [0.2, 0.25) is 0 Å². The zero-order valence-electron chi connectivity index (χ0n) is 15.2. The number of urea groups is 1. The van der Waals surface area contributed by atoms with Gasteiger partial charge in [-0.3, -0.25) is 4.79 Å². The van der Waals surface area contributed by atoms with Gasteiger partial charge in [-0.15, -0.1) is 0 Å². The summed E-state index contributed by atoms with van der Waals surface area (Å²) < 4.78 is 39.9. The second-order valence-corrected chi connectivity index (χ2v) is 7.97. The molecule has 0 bridgehead atoms. The maximum Gasteiger partial charge on any atom is 0.436 e. The summed E-state index contributed by atoms with van der Waals surface area (Å²) in [5.41, 5.74) is -1.13. The number of carbonyl (C=O) groups is 2. The smallest absolute Gasteiger partial charge is 0.306 e. The van der Waals surface area contributed by atoms with Crippen LogP contribution in [0, 0.1) is 0 Å². The van der Waals surface area contributed by atoms with Crippen molar-refractivity contribution in [3.8, 4) is 5.69 Å². The van der Waals surface area contributed by atoms with E-state index in [-0.39, 0.29) is 31.4 Å². The van der Waals surface area contributed by atoms with E-state index in [2.05, 4.69) is 10.4 Å². The first-order valence-corrected chi connectivity index (χ1v) is 10.1. The van der Waals surface area contributed by atoms with E-state index < -0.39 is 34.0 Å². The molecule has 32 heavy (non-hydrogen) atoms. The van der Waals surface area contributed by atoms with Gasteiger partial charge in [-0.25, -0.2) is 9.48 Å². The van der Waals surface area contributed by atoms with Crippen LogP contribution in [0.25, 0.3) is 5.69 Å². The fourth-order valence-corrected chi connectivity index (χ4v) is 3.40. The van der Waals surface area contributed by atoms with Crippen molar-refractivity contribution in [3.05, 3.63) is 73.9 Å². The van der Waals surface area contributed by atoms with E-state index in [0.717, 1.165) is 4.68 Å². The van der Waals surface area contributed by atoms with Crippen molar-refractivity contribution < 1.29 is 22.8 Å². The zero-order valence-corrected chi connectivity index (χ0v) is 19.0. The molecule has 0 saturated carbocycles. The summed E-state index contributed by atoms with van der Waals surface area (Å²) in [6, 6.07) is 8.35. The van der Waals surface area contributed by atoms with Crippen molar-refractivity contribution in [2.45, 2.75) is 6.18 Å². The number of nitrogens with one attached hydrogen (secondary N) is 1. The van der Waals surface area contributed by atoms with Crippen LogP contribution in [0.5, 0.6) is 0 Å². The highest BCUT2D eigenvalue weighted by atomic mass is 35.5. The van der Waals surface area contributed by atoms with Crippen LogP contribution in [0.2, 0.25) is 20.2 Å². The minimum Gasteiger partial charge on any atom is -0.306 e. The van der Waals surface area contributed by atoms with Crippen LogP contribution in [0.1, 0.15) is 16.1 Å². The zero-order chi connectivity index (χ0) is 23.8. The quantitative estimate of drug-likeness (QED) is 0.350. The third-order valence-corrected chi connectivity index (χ3v) is 5.60. The molecule has 0 aliphatic rings. The molecule has 1 heterocycles. The summed E-state index contributed by atoms with van der Waals surface area (Å²) in [6.45, 7) is 0. The fourth-order valence-electron chi connectivity index (χ4n) is 2.45. The lowest BCUT2D eigenvalue weighted by molar-refractivity contribution is -0.141. The summed E-state index contributed by atoms with van der Waals surface area (Å²) >= 11 is 29.1. The Morgan fingerprint density at radius 3 is 2.19 bits per heavy atom. The molecule has 1 N–H and O–H groups in total. The van der Waals surface area contributed by atoms with Gasteiger partial charge < -0.3 is 5.32 Å². The molecule has 2 aromatic carbocycles. The number of alkyl halides is 3. The second-order valence-electron chi connectivity index (χ2n) is 6.05. The van der Waals surface area contributed by atoms with Gasteiger partial charge in [-0.1, -0.05) is 46.4 Å². The van der Waals surface area contributed by atoms with Gasteiger partial charge in [0.1, 0.15) is 5.02 Å². The molecule has 168 valence electrons. The molecule has 0 spiro atoms. The van der Waals surface area contributed by atoms with Crippen molar-refractivity contribution in [2.75, 3.05) is 5.32 Å². The lowest BCUT2D eigenvalue weighted by atomic mass is 10.2. The minimum absolute atomic E-state index is 0.0372. The number of hydrogen-bond acceptors (Lipinski definition) is 3. The molecule has 0 aliphatic carbocycles. The first kappa shape index (κ1) is 24.5. The fraction of sp³-hybridized carbons (Fsp3) is 0.0556. The number of nitrogens with zero attached hydrogens (tertiary/aromatic N) is 3. The second kappa shape index (κ2) is 9.36. The van der Waals surface area contributed by atoms with Crippen LogP contribution in [0.15, 0.2) is 42.5 Å². The van der Waals surface area contributed by atoms with Gasteiger partial charge >= 0.3 is 12.2 Å². The monoisotopic (exact) mass is 544 g/mol. The van der Waals surface area contributed by atoms with Crippen molar-refractivity contribution >= 4 is 75.8 Å². The van der Waals surface area contributed by atoms with Crippen molar-refractivity contribution in [1.82, 2.24) is 14.2 Å². The highest BCUT2D eigenvalue weighted by molar-refractivity contribution is 6.42. The van der Waals surface area contributed by atoms with E-state index in [1.165, 1.54) is 42.5 Å². The van der Waals surface area contributed by atoms with E-state index >= 15 is 0 Å². The van der Waals surface area contributed by atoms with Crippen LogP contribution in [-0.4, -0.2) is 26.1 Å². The number of anilines is 1. The first-order valence-electron chi connectivity index (χ1n) is 8.28. The molecule has 3 amide bonds. The molecule has 0 aliphatic heterocycles. The standard InChI is InChI=1S/C18H8Cl5F3N4O2/c19-8-1-6-12(20)11(7-8)16(31)29(23)17(32)27-9-2-4-10(5-3-9)30-15(22)13(21)14(28-30)18(24,25)26/h1-7H,(H,27,32). The molecular formula is C18H8Cl5F3N4O2. The number of imide groups is 1. The third kappa shape index (κ3) is 5.07. The largest absolute Gasteiger partial charge is 0.436 e. The van der Waals surface area contributed by atoms with Crippen molar-refractivity contribution in [1.29, 1.82) is 0 Å². The molecule has 0 saturated heterocycles. The molecule has 3 aromatic rings. The number of aromatic nitrogens is 2. The van der Waals surface area contributed by atoms with Gasteiger partial charge in [-0.05, 0) is 42.5 Å². The third-order valence-electron chi connectivity index (χ3n) is 3.92. The number of hydrogen-bond donors (Lipinski definition) is 1. The van der Waals surface area contributed by atoms with Gasteiger partial charge in [-0.2, -0.15) is 22.7 Å². The van der Waals surface area contributed by atoms with Crippen LogP contribution in [-0.2, 0) is 6.18 Å². The average molecular weight is 547 g/mol. The number of amides is 3. The maximum atomic E-state index is 12.9. The first-order chi connectivity index (χ1) is 14.9. The summed E-state index contributed by atoms with van der Waals surface area (Å²) in [7, 11) is 0. The molecule has 1 aromatic heterocycles. The van der Waals surface area contributed by atoms with Gasteiger partial charge in [0.25, 0.3) is 5.91 Å². The number of halogens is 8. The molecule has 0 fully saturated rings. The molecule has 3 rings (SSSR count). The Labute approximate surface area is 203 Å². The lowest BCUT2D eigenvalue weighted by Crippen LogP contribution is -2.32. The summed E-state index contributed by atoms with van der Waals surface area (Å²) in [5, 5.41) is 4.80. The SMILES string of the molecule is O=C(Nc1ccc(-n2nc(C(F)(F)F)c(Cl)c2Cl)cc1)N(Cl)C(=O)c1cc(Cl)ccc1Cl. The van der Waals surface area contributed by atoms with Crippen LogP contribution >= 0.6 is 58.2 Å². The molecule has 0 unspecified atom stereocenters. The summed E-state index contributed by atoms with van der Waals surface area (Å²) in [4.78, 5) is 24.7.